The number of nitrogens with one attached hydrogen (secondary N) is 1. The molecule has 0 spiro atoms. The molecule has 0 fully saturated rings. The van der Waals surface area contributed by atoms with E-state index in [0.29, 0.717) is 10.6 Å². The highest BCUT2D eigenvalue weighted by Gasteiger charge is 2.19. The van der Waals surface area contributed by atoms with E-state index in [-0.39, 0.29) is 23.1 Å². The number of sulfonamides is 1. The van der Waals surface area contributed by atoms with E-state index < -0.39 is 15.9 Å². The number of Topliss-reactive ketones (excluding diaryl/α,β-unsaturated/α-hetero) is 1. The molecule has 1 amide bonds. The lowest BCUT2D eigenvalue weighted by Crippen LogP contribution is -2.27. The Balaban J connectivity index is 2.16. The quantitative estimate of drug-likeness (QED) is 0.742. The van der Waals surface area contributed by atoms with Crippen LogP contribution in [0.1, 0.15) is 23.0 Å². The van der Waals surface area contributed by atoms with Crippen LogP contribution in [0.25, 0.3) is 11.3 Å². The fourth-order valence-electron chi connectivity index (χ4n) is 1.99. The van der Waals surface area contributed by atoms with E-state index in [2.05, 4.69) is 10.3 Å². The van der Waals surface area contributed by atoms with Crippen molar-refractivity contribution >= 4 is 38.2 Å². The molecule has 0 saturated heterocycles. The number of rotatable bonds is 7. The van der Waals surface area contributed by atoms with E-state index in [1.807, 2.05) is 30.3 Å². The first kappa shape index (κ1) is 19.2. The zero-order chi connectivity index (χ0) is 18.6. The normalized spacial score (nSPS) is 11.5. The molecule has 2 aromatic rings. The summed E-state index contributed by atoms with van der Waals surface area (Å²) in [5.74, 6) is -0.900. The van der Waals surface area contributed by atoms with Crippen molar-refractivity contribution in [1.82, 2.24) is 9.29 Å². The molecule has 0 saturated carbocycles. The van der Waals surface area contributed by atoms with Crippen LogP contribution >= 0.6 is 11.3 Å². The Morgan fingerprint density at radius 2 is 1.84 bits per heavy atom. The van der Waals surface area contributed by atoms with Crippen molar-refractivity contribution in [3.05, 3.63) is 35.2 Å². The highest BCUT2D eigenvalue weighted by molar-refractivity contribution is 7.89. The summed E-state index contributed by atoms with van der Waals surface area (Å²) in [5.41, 5.74) is 1.29. The number of hydrogen-bond acceptors (Lipinski definition) is 6. The summed E-state index contributed by atoms with van der Waals surface area (Å²) < 4.78 is 24.5. The van der Waals surface area contributed by atoms with Crippen LogP contribution in [0.3, 0.4) is 0 Å². The third-order valence-electron chi connectivity index (χ3n) is 3.38. The van der Waals surface area contributed by atoms with Gasteiger partial charge >= 0.3 is 0 Å². The van der Waals surface area contributed by atoms with Crippen molar-refractivity contribution < 1.29 is 18.0 Å². The summed E-state index contributed by atoms with van der Waals surface area (Å²) in [6.07, 6.45) is -0.184. The van der Waals surface area contributed by atoms with Gasteiger partial charge in [0.05, 0.1) is 16.3 Å². The fraction of sp³-hybridized carbons (Fsp3) is 0.312. The van der Waals surface area contributed by atoms with Gasteiger partial charge in [0.1, 0.15) is 0 Å². The highest BCUT2D eigenvalue weighted by Crippen LogP contribution is 2.31. The number of carbonyl (C=O) groups is 2. The Morgan fingerprint density at radius 1 is 1.20 bits per heavy atom. The first-order chi connectivity index (χ1) is 11.7. The predicted octanol–water partition coefficient (Wildman–Crippen LogP) is 2.23. The van der Waals surface area contributed by atoms with Crippen molar-refractivity contribution in [3.8, 4) is 11.3 Å². The minimum Gasteiger partial charge on any atom is -0.302 e. The zero-order valence-corrected chi connectivity index (χ0v) is 15.8. The Kier molecular flexibility index (Phi) is 6.04. The van der Waals surface area contributed by atoms with Gasteiger partial charge < -0.3 is 5.32 Å². The monoisotopic (exact) mass is 381 g/mol. The fourth-order valence-corrected chi connectivity index (χ4v) is 3.70. The third kappa shape index (κ3) is 4.94. The minimum absolute atomic E-state index is 0.146. The summed E-state index contributed by atoms with van der Waals surface area (Å²) in [6, 6.07) is 9.19. The van der Waals surface area contributed by atoms with Crippen LogP contribution in [0.2, 0.25) is 0 Å². The number of hydrogen-bond donors (Lipinski definition) is 1. The summed E-state index contributed by atoms with van der Waals surface area (Å²) in [4.78, 5) is 28.6. The topological polar surface area (TPSA) is 96.4 Å². The summed E-state index contributed by atoms with van der Waals surface area (Å²) >= 11 is 1.08. The standard InChI is InChI=1S/C16H19N3O4S2/c1-11(20)15-14(12-7-5-4-6-8-12)18-16(24-15)17-13(21)9-10-25(22,23)19(2)3/h4-8H,9-10H2,1-3H3,(H,17,18,21). The van der Waals surface area contributed by atoms with Gasteiger partial charge in [-0.05, 0) is 0 Å². The number of thiazole rings is 1. The number of benzene rings is 1. The molecule has 25 heavy (non-hydrogen) atoms. The summed E-state index contributed by atoms with van der Waals surface area (Å²) in [6.45, 7) is 1.44. The minimum atomic E-state index is -3.44. The molecule has 134 valence electrons. The second-order valence-corrected chi connectivity index (χ2v) is 8.82. The molecular weight excluding hydrogens is 362 g/mol. The maximum atomic E-state index is 12.0. The van der Waals surface area contributed by atoms with E-state index >= 15 is 0 Å². The molecule has 0 unspecified atom stereocenters. The van der Waals surface area contributed by atoms with E-state index in [9.17, 15) is 18.0 Å². The predicted molar refractivity (Wildman–Crippen MR) is 98.3 cm³/mol. The maximum absolute atomic E-state index is 12.0. The smallest absolute Gasteiger partial charge is 0.227 e. The van der Waals surface area contributed by atoms with Crippen LogP contribution in [-0.4, -0.2) is 49.2 Å². The molecule has 1 heterocycles. The van der Waals surface area contributed by atoms with Crippen molar-refractivity contribution in [1.29, 1.82) is 0 Å². The Bertz CT molecular complexity index is 874. The van der Waals surface area contributed by atoms with Crippen LogP contribution in [-0.2, 0) is 14.8 Å². The molecule has 2 rings (SSSR count). The van der Waals surface area contributed by atoms with Gasteiger partial charge in [-0.25, -0.2) is 17.7 Å². The van der Waals surface area contributed by atoms with Crippen molar-refractivity contribution in [2.75, 3.05) is 25.2 Å². The Hall–Kier alpha value is -2.10. The number of ketones is 1. The summed E-state index contributed by atoms with van der Waals surface area (Å²) in [5, 5.41) is 2.85. The van der Waals surface area contributed by atoms with E-state index in [1.54, 1.807) is 0 Å². The molecule has 0 radical (unpaired) electrons. The van der Waals surface area contributed by atoms with Gasteiger partial charge in [-0.2, -0.15) is 0 Å². The molecule has 0 atom stereocenters. The van der Waals surface area contributed by atoms with Crippen LogP contribution in [0.15, 0.2) is 30.3 Å². The third-order valence-corrected chi connectivity index (χ3v) is 6.29. The first-order valence-electron chi connectivity index (χ1n) is 7.48. The highest BCUT2D eigenvalue weighted by atomic mass is 32.2. The molecule has 9 heteroatoms. The van der Waals surface area contributed by atoms with Crippen molar-refractivity contribution in [3.63, 3.8) is 0 Å². The van der Waals surface area contributed by atoms with Gasteiger partial charge in [0.2, 0.25) is 15.9 Å². The molecule has 1 aromatic carbocycles. The van der Waals surface area contributed by atoms with Crippen molar-refractivity contribution in [2.24, 2.45) is 0 Å². The second kappa shape index (κ2) is 7.85. The molecule has 0 aliphatic carbocycles. The SMILES string of the molecule is CC(=O)c1sc(NC(=O)CCS(=O)(=O)N(C)C)nc1-c1ccccc1. The maximum Gasteiger partial charge on any atom is 0.227 e. The van der Waals surface area contributed by atoms with Gasteiger partial charge in [0, 0.05) is 33.0 Å². The average molecular weight is 381 g/mol. The molecule has 0 bridgehead atoms. The largest absolute Gasteiger partial charge is 0.302 e. The number of carbonyl (C=O) groups excluding carboxylic acids is 2. The molecule has 7 nitrogen and oxygen atoms in total. The lowest BCUT2D eigenvalue weighted by atomic mass is 10.1. The number of aromatic nitrogens is 1. The first-order valence-corrected chi connectivity index (χ1v) is 9.90. The number of anilines is 1. The van der Waals surface area contributed by atoms with E-state index in [1.165, 1.54) is 21.0 Å². The van der Waals surface area contributed by atoms with E-state index in [0.717, 1.165) is 21.2 Å². The number of nitrogens with zero attached hydrogens (tertiary/aromatic N) is 2. The van der Waals surface area contributed by atoms with E-state index in [4.69, 9.17) is 0 Å². The average Bonchev–Trinajstić information content (AvgIpc) is 2.98. The zero-order valence-electron chi connectivity index (χ0n) is 14.1. The molecule has 1 aromatic heterocycles. The molecular formula is C16H19N3O4S2. The van der Waals surface area contributed by atoms with Gasteiger partial charge in [-0.15, -0.1) is 0 Å². The van der Waals surface area contributed by atoms with Gasteiger partial charge in [0.25, 0.3) is 0 Å². The lowest BCUT2D eigenvalue weighted by Gasteiger charge is -2.10. The Labute approximate surface area is 150 Å². The lowest BCUT2D eigenvalue weighted by molar-refractivity contribution is -0.115. The van der Waals surface area contributed by atoms with Gasteiger partial charge in [-0.1, -0.05) is 41.7 Å². The number of amides is 1. The Morgan fingerprint density at radius 3 is 2.40 bits per heavy atom. The molecule has 0 aliphatic heterocycles. The van der Waals surface area contributed by atoms with Crippen LogP contribution in [0.4, 0.5) is 5.13 Å². The van der Waals surface area contributed by atoms with Gasteiger partial charge in [-0.3, -0.25) is 9.59 Å². The summed E-state index contributed by atoms with van der Waals surface area (Å²) in [7, 11) is -0.612. The molecule has 1 N–H and O–H groups in total. The van der Waals surface area contributed by atoms with Crippen LogP contribution < -0.4 is 5.32 Å². The molecule has 0 aliphatic rings. The second-order valence-electron chi connectivity index (χ2n) is 5.52. The van der Waals surface area contributed by atoms with Crippen molar-refractivity contribution in [2.45, 2.75) is 13.3 Å². The van der Waals surface area contributed by atoms with Crippen LogP contribution in [0.5, 0.6) is 0 Å². The van der Waals surface area contributed by atoms with Crippen LogP contribution in [0, 0.1) is 0 Å². The van der Waals surface area contributed by atoms with Gasteiger partial charge in [0.15, 0.2) is 10.9 Å².